The van der Waals surface area contributed by atoms with E-state index in [1.807, 2.05) is 49.4 Å². The summed E-state index contributed by atoms with van der Waals surface area (Å²) in [5.74, 6) is -0.573. The standard InChI is InChI=1S/C27H27NO6/c1-17-13-18(11-12-25(17)34-16-32-2)14-24(26(29)30)28-27(31)33-15-23-21-9-5-3-7-19(21)20-8-4-6-10-22(20)23/h3-13,23-24H,14-16H2,1-2H3,(H,28,31)(H,29,30)/t24-/m0/s1. The van der Waals surface area contributed by atoms with Crippen molar-refractivity contribution in [2.45, 2.75) is 25.3 Å². The second-order valence-electron chi connectivity index (χ2n) is 8.22. The van der Waals surface area contributed by atoms with Crippen LogP contribution < -0.4 is 10.1 Å². The van der Waals surface area contributed by atoms with Crippen molar-refractivity contribution in [1.29, 1.82) is 0 Å². The minimum atomic E-state index is -1.13. The predicted octanol–water partition coefficient (Wildman–Crippen LogP) is 4.51. The number of hydrogen-bond donors (Lipinski definition) is 2. The van der Waals surface area contributed by atoms with Crippen LogP contribution in [-0.2, 0) is 20.7 Å². The van der Waals surface area contributed by atoms with Gasteiger partial charge in [0, 0.05) is 19.4 Å². The Bertz CT molecular complexity index is 1150. The van der Waals surface area contributed by atoms with Crippen LogP contribution in [0.25, 0.3) is 11.1 Å². The van der Waals surface area contributed by atoms with Crippen molar-refractivity contribution in [1.82, 2.24) is 5.32 Å². The van der Waals surface area contributed by atoms with Gasteiger partial charge in [0.2, 0.25) is 0 Å². The molecular weight excluding hydrogens is 434 g/mol. The molecule has 1 atom stereocenters. The van der Waals surface area contributed by atoms with E-state index in [2.05, 4.69) is 17.4 Å². The molecule has 0 unspecified atom stereocenters. The zero-order valence-corrected chi connectivity index (χ0v) is 19.1. The van der Waals surface area contributed by atoms with E-state index >= 15 is 0 Å². The Morgan fingerprint density at radius 3 is 2.24 bits per heavy atom. The molecule has 0 aliphatic heterocycles. The van der Waals surface area contributed by atoms with Gasteiger partial charge in [0.05, 0.1) is 0 Å². The van der Waals surface area contributed by atoms with Crippen LogP contribution in [0.4, 0.5) is 4.79 Å². The lowest BCUT2D eigenvalue weighted by Gasteiger charge is -2.18. The highest BCUT2D eigenvalue weighted by Crippen LogP contribution is 2.44. The van der Waals surface area contributed by atoms with E-state index in [0.29, 0.717) is 5.75 Å². The molecule has 1 aliphatic carbocycles. The number of aryl methyl sites for hydroxylation is 1. The van der Waals surface area contributed by atoms with Gasteiger partial charge < -0.3 is 24.6 Å². The van der Waals surface area contributed by atoms with Gasteiger partial charge in [0.15, 0.2) is 6.79 Å². The van der Waals surface area contributed by atoms with Crippen LogP contribution >= 0.6 is 0 Å². The first-order valence-corrected chi connectivity index (χ1v) is 11.0. The third kappa shape index (κ3) is 5.05. The number of carbonyl (C=O) groups is 2. The normalized spacial score (nSPS) is 13.0. The van der Waals surface area contributed by atoms with E-state index in [4.69, 9.17) is 14.2 Å². The number of carbonyl (C=O) groups excluding carboxylic acids is 1. The van der Waals surface area contributed by atoms with Gasteiger partial charge in [-0.25, -0.2) is 9.59 Å². The van der Waals surface area contributed by atoms with E-state index in [1.165, 1.54) is 7.11 Å². The Morgan fingerprint density at radius 1 is 1.00 bits per heavy atom. The molecule has 34 heavy (non-hydrogen) atoms. The number of rotatable bonds is 9. The summed E-state index contributed by atoms with van der Waals surface area (Å²) in [5.41, 5.74) is 6.05. The van der Waals surface area contributed by atoms with Gasteiger partial charge in [-0.15, -0.1) is 0 Å². The molecule has 7 nitrogen and oxygen atoms in total. The number of carboxylic acids is 1. The van der Waals surface area contributed by atoms with E-state index in [0.717, 1.165) is 33.4 Å². The fourth-order valence-electron chi connectivity index (χ4n) is 4.34. The second kappa shape index (κ2) is 10.4. The van der Waals surface area contributed by atoms with Crippen molar-refractivity contribution in [3.05, 3.63) is 89.0 Å². The number of hydrogen-bond acceptors (Lipinski definition) is 5. The maximum atomic E-state index is 12.5. The van der Waals surface area contributed by atoms with Gasteiger partial charge in [-0.1, -0.05) is 60.7 Å². The number of ether oxygens (including phenoxy) is 3. The molecule has 176 valence electrons. The smallest absolute Gasteiger partial charge is 0.407 e. The van der Waals surface area contributed by atoms with Crippen molar-refractivity contribution < 1.29 is 28.9 Å². The van der Waals surface area contributed by atoms with Crippen LogP contribution in [0.2, 0.25) is 0 Å². The molecule has 0 saturated heterocycles. The molecular formula is C27H27NO6. The first-order valence-electron chi connectivity index (χ1n) is 11.0. The summed E-state index contributed by atoms with van der Waals surface area (Å²) >= 11 is 0. The number of alkyl carbamates (subject to hydrolysis) is 1. The van der Waals surface area contributed by atoms with Gasteiger partial charge in [-0.2, -0.15) is 0 Å². The summed E-state index contributed by atoms with van der Waals surface area (Å²) in [5, 5.41) is 12.1. The minimum absolute atomic E-state index is 0.0938. The molecule has 0 spiro atoms. The fourth-order valence-corrected chi connectivity index (χ4v) is 4.34. The maximum Gasteiger partial charge on any atom is 0.407 e. The Balaban J connectivity index is 1.40. The minimum Gasteiger partial charge on any atom is -0.480 e. The summed E-state index contributed by atoms with van der Waals surface area (Å²) in [7, 11) is 1.54. The molecule has 0 saturated carbocycles. The van der Waals surface area contributed by atoms with Gasteiger partial charge in [0.25, 0.3) is 0 Å². The number of fused-ring (bicyclic) bond motifs is 3. The number of carboxylic acid groups (broad SMARTS) is 1. The third-order valence-electron chi connectivity index (χ3n) is 5.95. The lowest BCUT2D eigenvalue weighted by Crippen LogP contribution is -2.42. The average molecular weight is 462 g/mol. The second-order valence-corrected chi connectivity index (χ2v) is 8.22. The van der Waals surface area contributed by atoms with Crippen molar-refractivity contribution in [3.63, 3.8) is 0 Å². The highest BCUT2D eigenvalue weighted by molar-refractivity contribution is 5.81. The summed E-state index contributed by atoms with van der Waals surface area (Å²) in [4.78, 5) is 24.3. The molecule has 3 aromatic rings. The van der Waals surface area contributed by atoms with E-state index in [-0.39, 0.29) is 25.7 Å². The molecule has 3 aromatic carbocycles. The molecule has 1 aliphatic rings. The van der Waals surface area contributed by atoms with Crippen LogP contribution in [0.15, 0.2) is 66.7 Å². The van der Waals surface area contributed by atoms with Crippen LogP contribution in [-0.4, -0.2) is 43.7 Å². The molecule has 0 fully saturated rings. The molecule has 0 aromatic heterocycles. The lowest BCUT2D eigenvalue weighted by atomic mass is 9.98. The number of amides is 1. The topological polar surface area (TPSA) is 94.1 Å². The monoisotopic (exact) mass is 461 g/mol. The molecule has 1 amide bonds. The van der Waals surface area contributed by atoms with Crippen molar-refractivity contribution in [2.75, 3.05) is 20.5 Å². The van der Waals surface area contributed by atoms with Crippen LogP contribution in [0.1, 0.15) is 28.2 Å². The van der Waals surface area contributed by atoms with Crippen molar-refractivity contribution >= 4 is 12.1 Å². The predicted molar refractivity (Wildman–Crippen MR) is 127 cm³/mol. The maximum absolute atomic E-state index is 12.5. The number of methoxy groups -OCH3 is 1. The molecule has 0 bridgehead atoms. The fraction of sp³-hybridized carbons (Fsp3) is 0.259. The van der Waals surface area contributed by atoms with E-state index < -0.39 is 18.1 Å². The van der Waals surface area contributed by atoms with E-state index in [1.54, 1.807) is 12.1 Å². The highest BCUT2D eigenvalue weighted by Gasteiger charge is 2.29. The number of benzene rings is 3. The molecule has 0 heterocycles. The molecule has 0 radical (unpaired) electrons. The van der Waals surface area contributed by atoms with Gasteiger partial charge in [0.1, 0.15) is 18.4 Å². The highest BCUT2D eigenvalue weighted by atomic mass is 16.7. The summed E-state index contributed by atoms with van der Waals surface area (Å²) in [6, 6.07) is 20.3. The van der Waals surface area contributed by atoms with Crippen LogP contribution in [0.5, 0.6) is 5.75 Å². The molecule has 2 N–H and O–H groups in total. The number of nitrogens with one attached hydrogen (secondary N) is 1. The summed E-state index contributed by atoms with van der Waals surface area (Å²) in [6.07, 6.45) is -0.642. The first-order chi connectivity index (χ1) is 16.5. The Kier molecular flexibility index (Phi) is 7.13. The quantitative estimate of drug-likeness (QED) is 0.456. The van der Waals surface area contributed by atoms with Crippen molar-refractivity contribution in [2.24, 2.45) is 0 Å². The Labute approximate surface area is 198 Å². The lowest BCUT2D eigenvalue weighted by molar-refractivity contribution is -0.139. The van der Waals surface area contributed by atoms with E-state index in [9.17, 15) is 14.7 Å². The zero-order valence-electron chi connectivity index (χ0n) is 19.1. The summed E-state index contributed by atoms with van der Waals surface area (Å²) in [6.45, 7) is 2.11. The average Bonchev–Trinajstić information content (AvgIpc) is 3.15. The summed E-state index contributed by atoms with van der Waals surface area (Å²) < 4.78 is 15.9. The van der Waals surface area contributed by atoms with Gasteiger partial charge in [-0.3, -0.25) is 0 Å². The van der Waals surface area contributed by atoms with Crippen LogP contribution in [0, 0.1) is 6.92 Å². The van der Waals surface area contributed by atoms with Gasteiger partial charge in [-0.05, 0) is 46.4 Å². The Morgan fingerprint density at radius 2 is 1.65 bits per heavy atom. The number of aliphatic carboxylic acids is 1. The SMILES string of the molecule is COCOc1ccc(C[C@H](NC(=O)OCC2c3ccccc3-c3ccccc32)C(=O)O)cc1C. The zero-order chi connectivity index (χ0) is 24.1. The Hall–Kier alpha value is -3.84. The first kappa shape index (κ1) is 23.3. The largest absolute Gasteiger partial charge is 0.480 e. The third-order valence-corrected chi connectivity index (χ3v) is 5.95. The molecule has 4 rings (SSSR count). The van der Waals surface area contributed by atoms with Crippen molar-refractivity contribution in [3.8, 4) is 16.9 Å². The van der Waals surface area contributed by atoms with Crippen LogP contribution in [0.3, 0.4) is 0 Å². The van der Waals surface area contributed by atoms with Gasteiger partial charge >= 0.3 is 12.1 Å². The molecule has 7 heteroatoms.